The molecule has 0 unspecified atom stereocenters. The molecular weight excluding hydrogens is 347 g/mol. The smallest absolute Gasteiger partial charge is 0.267 e. The SMILES string of the molecule is Cc1cc2nc3s/c(=C\c4c(F)cccc4Cl)c(=O)n3c2cc1C. The number of nitrogens with zero attached hydrogens (tertiary/aromatic N) is 2. The fourth-order valence-corrected chi connectivity index (χ4v) is 3.88. The van der Waals surface area contributed by atoms with Crippen molar-refractivity contribution in [2.75, 3.05) is 0 Å². The van der Waals surface area contributed by atoms with Crippen molar-refractivity contribution in [2.45, 2.75) is 13.8 Å². The summed E-state index contributed by atoms with van der Waals surface area (Å²) in [6.07, 6.45) is 1.49. The lowest BCUT2D eigenvalue weighted by Crippen LogP contribution is -2.22. The Morgan fingerprint density at radius 1 is 1.25 bits per heavy atom. The van der Waals surface area contributed by atoms with E-state index in [9.17, 15) is 9.18 Å². The van der Waals surface area contributed by atoms with Crippen LogP contribution in [0.3, 0.4) is 0 Å². The van der Waals surface area contributed by atoms with Gasteiger partial charge in [0.05, 0.1) is 20.6 Å². The fourth-order valence-electron chi connectivity index (χ4n) is 2.70. The molecule has 3 nitrogen and oxygen atoms in total. The topological polar surface area (TPSA) is 34.4 Å². The van der Waals surface area contributed by atoms with Gasteiger partial charge in [-0.2, -0.15) is 0 Å². The first-order valence-corrected chi connectivity index (χ1v) is 8.53. The van der Waals surface area contributed by atoms with Gasteiger partial charge in [-0.25, -0.2) is 13.8 Å². The van der Waals surface area contributed by atoms with E-state index in [1.54, 1.807) is 10.5 Å². The maximum Gasteiger partial charge on any atom is 0.274 e. The van der Waals surface area contributed by atoms with E-state index in [1.807, 2.05) is 26.0 Å². The van der Waals surface area contributed by atoms with Crippen molar-refractivity contribution in [2.24, 2.45) is 0 Å². The maximum atomic E-state index is 14.0. The fraction of sp³-hybridized carbons (Fsp3) is 0.111. The molecule has 2 aromatic heterocycles. The highest BCUT2D eigenvalue weighted by Gasteiger charge is 2.13. The summed E-state index contributed by atoms with van der Waals surface area (Å²) in [4.78, 5) is 17.9. The van der Waals surface area contributed by atoms with Crippen molar-refractivity contribution in [1.82, 2.24) is 9.38 Å². The summed E-state index contributed by atoms with van der Waals surface area (Å²) in [7, 11) is 0. The van der Waals surface area contributed by atoms with E-state index in [2.05, 4.69) is 4.98 Å². The standard InChI is InChI=1S/C18H12ClFN2OS/c1-9-6-14-15(7-10(9)2)22-17(23)16(24-18(22)21-14)8-11-12(19)4-3-5-13(11)20/h3-8H,1-2H3/b16-8-. The molecule has 0 aliphatic rings. The second-order valence-corrected chi connectivity index (χ2v) is 7.12. The van der Waals surface area contributed by atoms with Crippen LogP contribution in [-0.2, 0) is 0 Å². The molecule has 0 aliphatic heterocycles. The molecule has 0 aliphatic carbocycles. The Morgan fingerprint density at radius 3 is 2.75 bits per heavy atom. The second-order valence-electron chi connectivity index (χ2n) is 5.71. The number of thiazole rings is 1. The van der Waals surface area contributed by atoms with Crippen molar-refractivity contribution < 1.29 is 4.39 Å². The normalized spacial score (nSPS) is 12.6. The molecule has 0 radical (unpaired) electrons. The number of imidazole rings is 1. The summed E-state index contributed by atoms with van der Waals surface area (Å²) in [6.45, 7) is 4.01. The third kappa shape index (κ3) is 2.24. The van der Waals surface area contributed by atoms with Gasteiger partial charge in [-0.15, -0.1) is 0 Å². The Balaban J connectivity index is 2.06. The summed E-state index contributed by atoms with van der Waals surface area (Å²) >= 11 is 7.28. The monoisotopic (exact) mass is 358 g/mol. The van der Waals surface area contributed by atoms with Crippen molar-refractivity contribution in [3.63, 3.8) is 0 Å². The predicted molar refractivity (Wildman–Crippen MR) is 96.5 cm³/mol. The van der Waals surface area contributed by atoms with E-state index in [0.717, 1.165) is 22.2 Å². The molecule has 120 valence electrons. The van der Waals surface area contributed by atoms with Crippen LogP contribution in [0, 0.1) is 19.7 Å². The molecule has 6 heteroatoms. The maximum absolute atomic E-state index is 14.0. The van der Waals surface area contributed by atoms with Crippen LogP contribution >= 0.6 is 22.9 Å². The molecule has 0 saturated carbocycles. The molecular formula is C18H12ClFN2OS. The highest BCUT2D eigenvalue weighted by atomic mass is 35.5. The van der Waals surface area contributed by atoms with Crippen LogP contribution in [0.15, 0.2) is 35.1 Å². The molecule has 2 aromatic carbocycles. The Morgan fingerprint density at radius 2 is 2.00 bits per heavy atom. The molecule has 0 spiro atoms. The van der Waals surface area contributed by atoms with E-state index >= 15 is 0 Å². The summed E-state index contributed by atoms with van der Waals surface area (Å²) in [6, 6.07) is 8.39. The van der Waals surface area contributed by atoms with Gasteiger partial charge < -0.3 is 0 Å². The lowest BCUT2D eigenvalue weighted by atomic mass is 10.1. The van der Waals surface area contributed by atoms with Gasteiger partial charge in [0.25, 0.3) is 5.56 Å². The molecule has 4 aromatic rings. The van der Waals surface area contributed by atoms with Gasteiger partial charge >= 0.3 is 0 Å². The summed E-state index contributed by atoms with van der Waals surface area (Å²) in [5, 5.41) is 0.275. The summed E-state index contributed by atoms with van der Waals surface area (Å²) < 4.78 is 15.9. The lowest BCUT2D eigenvalue weighted by molar-refractivity contribution is 0.625. The number of rotatable bonds is 1. The van der Waals surface area contributed by atoms with Gasteiger partial charge in [-0.1, -0.05) is 29.0 Å². The van der Waals surface area contributed by atoms with Crippen LogP contribution in [0.2, 0.25) is 5.02 Å². The minimum atomic E-state index is -0.454. The van der Waals surface area contributed by atoms with Crippen LogP contribution in [0.25, 0.3) is 22.1 Å². The highest BCUT2D eigenvalue weighted by molar-refractivity contribution is 7.15. The summed E-state index contributed by atoms with van der Waals surface area (Å²) in [5.41, 5.74) is 3.80. The highest BCUT2D eigenvalue weighted by Crippen LogP contribution is 2.22. The van der Waals surface area contributed by atoms with Crippen LogP contribution in [-0.4, -0.2) is 9.38 Å². The minimum absolute atomic E-state index is 0.208. The van der Waals surface area contributed by atoms with Crippen LogP contribution < -0.4 is 10.1 Å². The Kier molecular flexibility index (Phi) is 3.44. The first-order chi connectivity index (χ1) is 11.5. The number of benzene rings is 2. The van der Waals surface area contributed by atoms with Crippen molar-refractivity contribution in [3.8, 4) is 0 Å². The zero-order valence-corrected chi connectivity index (χ0v) is 14.5. The van der Waals surface area contributed by atoms with Crippen molar-refractivity contribution in [1.29, 1.82) is 0 Å². The first-order valence-electron chi connectivity index (χ1n) is 7.33. The molecule has 0 amide bonds. The number of aryl methyl sites for hydroxylation is 2. The predicted octanol–water partition coefficient (Wildman–Crippen LogP) is 3.87. The molecule has 0 fully saturated rings. The van der Waals surface area contributed by atoms with Gasteiger partial charge in [0.15, 0.2) is 4.96 Å². The summed E-state index contributed by atoms with van der Waals surface area (Å²) in [5.74, 6) is -0.454. The van der Waals surface area contributed by atoms with E-state index in [4.69, 9.17) is 11.6 Å². The average Bonchev–Trinajstić information content (AvgIpc) is 3.01. The van der Waals surface area contributed by atoms with Gasteiger partial charge in [0.2, 0.25) is 0 Å². The Labute approximate surface area is 145 Å². The van der Waals surface area contributed by atoms with E-state index in [0.29, 0.717) is 9.49 Å². The zero-order valence-electron chi connectivity index (χ0n) is 12.9. The van der Waals surface area contributed by atoms with E-state index in [1.165, 1.54) is 29.5 Å². The number of hydrogen-bond acceptors (Lipinski definition) is 3. The number of hydrogen-bond donors (Lipinski definition) is 0. The Bertz CT molecular complexity index is 1210. The Hall–Kier alpha value is -2.24. The third-order valence-corrected chi connectivity index (χ3v) is 5.43. The third-order valence-electron chi connectivity index (χ3n) is 4.13. The number of fused-ring (bicyclic) bond motifs is 3. The van der Waals surface area contributed by atoms with Crippen LogP contribution in [0.1, 0.15) is 16.7 Å². The zero-order chi connectivity index (χ0) is 17.0. The number of halogens is 2. The number of aromatic nitrogens is 2. The molecule has 0 N–H and O–H groups in total. The lowest BCUT2D eigenvalue weighted by Gasteiger charge is -1.99. The average molecular weight is 359 g/mol. The molecule has 0 atom stereocenters. The van der Waals surface area contributed by atoms with Gasteiger partial charge in [-0.05, 0) is 55.3 Å². The minimum Gasteiger partial charge on any atom is -0.267 e. The van der Waals surface area contributed by atoms with Gasteiger partial charge in [-0.3, -0.25) is 4.79 Å². The molecule has 2 heterocycles. The van der Waals surface area contributed by atoms with Gasteiger partial charge in [0.1, 0.15) is 5.82 Å². The quantitative estimate of drug-likeness (QED) is 0.517. The van der Waals surface area contributed by atoms with Crippen LogP contribution in [0.5, 0.6) is 0 Å². The van der Waals surface area contributed by atoms with E-state index < -0.39 is 5.82 Å². The molecule has 0 saturated heterocycles. The van der Waals surface area contributed by atoms with Crippen molar-refractivity contribution >= 4 is 45.0 Å². The van der Waals surface area contributed by atoms with Crippen LogP contribution in [0.4, 0.5) is 4.39 Å². The molecule has 0 bridgehead atoms. The first kappa shape index (κ1) is 15.3. The van der Waals surface area contributed by atoms with Gasteiger partial charge in [0, 0.05) is 5.56 Å². The second kappa shape index (κ2) is 5.40. The largest absolute Gasteiger partial charge is 0.274 e. The molecule has 4 rings (SSSR count). The van der Waals surface area contributed by atoms with E-state index in [-0.39, 0.29) is 16.1 Å². The van der Waals surface area contributed by atoms with Crippen molar-refractivity contribution in [3.05, 3.63) is 72.7 Å². The molecule has 24 heavy (non-hydrogen) atoms.